The summed E-state index contributed by atoms with van der Waals surface area (Å²) >= 11 is 7.95. The van der Waals surface area contributed by atoms with E-state index >= 15 is 0 Å². The van der Waals surface area contributed by atoms with Crippen molar-refractivity contribution in [3.05, 3.63) is 35.4 Å². The average Bonchev–Trinajstić information content (AvgIpc) is 3.17. The van der Waals surface area contributed by atoms with Gasteiger partial charge in [0.25, 0.3) is 0 Å². The van der Waals surface area contributed by atoms with E-state index in [0.717, 1.165) is 58.0 Å². The topological polar surface area (TPSA) is 43.2 Å². The number of aromatic nitrogens is 3. The molecule has 24 heavy (non-hydrogen) atoms. The summed E-state index contributed by atoms with van der Waals surface area (Å²) in [5.74, 6) is 2.57. The van der Waals surface area contributed by atoms with Gasteiger partial charge in [-0.25, -0.2) is 9.97 Å². The fourth-order valence-electron chi connectivity index (χ4n) is 3.18. The summed E-state index contributed by atoms with van der Waals surface area (Å²) in [5.41, 5.74) is 0.858. The van der Waals surface area contributed by atoms with Crippen molar-refractivity contribution < 1.29 is 4.74 Å². The molecule has 0 radical (unpaired) electrons. The second kappa shape index (κ2) is 6.26. The SMILES string of the molecule is CCc1nccn1CC1CN(c2nc3c(OC)ccc(Cl)c3s2)C1. The number of thiazole rings is 1. The predicted octanol–water partition coefficient (Wildman–Crippen LogP) is 3.85. The minimum Gasteiger partial charge on any atom is -0.494 e. The van der Waals surface area contributed by atoms with Gasteiger partial charge < -0.3 is 14.2 Å². The number of benzene rings is 1. The maximum Gasteiger partial charge on any atom is 0.186 e. The van der Waals surface area contributed by atoms with Crippen molar-refractivity contribution >= 4 is 38.3 Å². The summed E-state index contributed by atoms with van der Waals surface area (Å²) in [4.78, 5) is 11.5. The number of hydrogen-bond acceptors (Lipinski definition) is 5. The Balaban J connectivity index is 1.49. The van der Waals surface area contributed by atoms with Crippen LogP contribution in [0.1, 0.15) is 12.7 Å². The second-order valence-corrected chi connectivity index (χ2v) is 7.43. The fraction of sp³-hybridized carbons (Fsp3) is 0.412. The lowest BCUT2D eigenvalue weighted by atomic mass is 10.0. The van der Waals surface area contributed by atoms with E-state index in [1.807, 2.05) is 18.3 Å². The maximum absolute atomic E-state index is 6.31. The highest BCUT2D eigenvalue weighted by Crippen LogP contribution is 2.40. The molecule has 1 saturated heterocycles. The van der Waals surface area contributed by atoms with E-state index in [0.29, 0.717) is 5.92 Å². The highest BCUT2D eigenvalue weighted by molar-refractivity contribution is 7.22. The van der Waals surface area contributed by atoms with Crippen molar-refractivity contribution in [3.8, 4) is 5.75 Å². The molecule has 4 rings (SSSR count). The molecule has 0 bridgehead atoms. The summed E-state index contributed by atoms with van der Waals surface area (Å²) in [5, 5.41) is 1.76. The molecule has 3 heterocycles. The van der Waals surface area contributed by atoms with E-state index in [1.165, 1.54) is 0 Å². The summed E-state index contributed by atoms with van der Waals surface area (Å²) in [6, 6.07) is 3.74. The molecule has 0 amide bonds. The summed E-state index contributed by atoms with van der Waals surface area (Å²) in [7, 11) is 1.66. The molecule has 0 saturated carbocycles. The zero-order chi connectivity index (χ0) is 16.7. The van der Waals surface area contributed by atoms with E-state index in [9.17, 15) is 0 Å². The van der Waals surface area contributed by atoms with Crippen LogP contribution in [0.3, 0.4) is 0 Å². The Hall–Kier alpha value is -1.79. The van der Waals surface area contributed by atoms with Crippen LogP contribution in [0.15, 0.2) is 24.5 Å². The van der Waals surface area contributed by atoms with E-state index < -0.39 is 0 Å². The number of fused-ring (bicyclic) bond motifs is 1. The number of aryl methyl sites for hydroxylation is 1. The molecule has 0 aliphatic carbocycles. The van der Waals surface area contributed by atoms with Gasteiger partial charge in [0.05, 0.1) is 16.8 Å². The molecule has 0 unspecified atom stereocenters. The average molecular weight is 363 g/mol. The Bertz CT molecular complexity index is 869. The van der Waals surface area contributed by atoms with Crippen molar-refractivity contribution in [1.29, 1.82) is 0 Å². The quantitative estimate of drug-likeness (QED) is 0.691. The molecule has 1 aromatic carbocycles. The second-order valence-electron chi connectivity index (χ2n) is 6.04. The van der Waals surface area contributed by atoms with Gasteiger partial charge in [0.1, 0.15) is 17.1 Å². The molecule has 2 aromatic heterocycles. The van der Waals surface area contributed by atoms with E-state index in [4.69, 9.17) is 21.3 Å². The Kier molecular flexibility index (Phi) is 4.10. The van der Waals surface area contributed by atoms with Crippen LogP contribution in [0.25, 0.3) is 10.2 Å². The molecular weight excluding hydrogens is 344 g/mol. The van der Waals surface area contributed by atoms with Crippen LogP contribution in [0.2, 0.25) is 5.02 Å². The Morgan fingerprint density at radius 3 is 2.96 bits per heavy atom. The normalized spacial score (nSPS) is 15.0. The van der Waals surface area contributed by atoms with Gasteiger partial charge in [0.2, 0.25) is 0 Å². The Morgan fingerprint density at radius 2 is 2.21 bits per heavy atom. The van der Waals surface area contributed by atoms with Gasteiger partial charge in [-0.05, 0) is 12.1 Å². The summed E-state index contributed by atoms with van der Waals surface area (Å²) in [6.07, 6.45) is 4.93. The van der Waals surface area contributed by atoms with Gasteiger partial charge in [0, 0.05) is 44.4 Å². The van der Waals surface area contributed by atoms with E-state index in [2.05, 4.69) is 27.6 Å². The van der Waals surface area contributed by atoms with Crippen molar-refractivity contribution in [2.45, 2.75) is 19.9 Å². The zero-order valence-corrected chi connectivity index (χ0v) is 15.3. The largest absolute Gasteiger partial charge is 0.494 e. The van der Waals surface area contributed by atoms with Crippen LogP contribution in [0, 0.1) is 5.92 Å². The zero-order valence-electron chi connectivity index (χ0n) is 13.7. The monoisotopic (exact) mass is 362 g/mol. The maximum atomic E-state index is 6.31. The highest BCUT2D eigenvalue weighted by Gasteiger charge is 2.30. The minimum atomic E-state index is 0.633. The minimum absolute atomic E-state index is 0.633. The molecule has 0 spiro atoms. The molecule has 0 atom stereocenters. The van der Waals surface area contributed by atoms with Gasteiger partial charge in [-0.1, -0.05) is 29.9 Å². The van der Waals surface area contributed by atoms with Crippen LogP contribution < -0.4 is 9.64 Å². The van der Waals surface area contributed by atoms with Crippen molar-refractivity contribution in [2.75, 3.05) is 25.1 Å². The number of ether oxygens (including phenoxy) is 1. The number of anilines is 1. The number of nitrogens with zero attached hydrogens (tertiary/aromatic N) is 4. The van der Waals surface area contributed by atoms with Crippen LogP contribution in [0.4, 0.5) is 5.13 Å². The first kappa shape index (κ1) is 15.7. The Labute approximate surface area is 149 Å². The number of methoxy groups -OCH3 is 1. The molecule has 1 aliphatic heterocycles. The number of halogens is 1. The molecule has 1 fully saturated rings. The molecule has 5 nitrogen and oxygen atoms in total. The lowest BCUT2D eigenvalue weighted by molar-refractivity contribution is 0.353. The molecule has 1 aliphatic rings. The van der Waals surface area contributed by atoms with Gasteiger partial charge in [-0.3, -0.25) is 0 Å². The van der Waals surface area contributed by atoms with Gasteiger partial charge in [-0.2, -0.15) is 0 Å². The highest BCUT2D eigenvalue weighted by atomic mass is 35.5. The third kappa shape index (κ3) is 2.63. The smallest absolute Gasteiger partial charge is 0.186 e. The third-order valence-corrected chi connectivity index (χ3v) is 6.04. The molecule has 0 N–H and O–H groups in total. The number of imidazole rings is 1. The van der Waals surface area contributed by atoms with Crippen LogP contribution in [0.5, 0.6) is 5.75 Å². The lowest BCUT2D eigenvalue weighted by Gasteiger charge is -2.39. The fourth-order valence-corrected chi connectivity index (χ4v) is 4.46. The van der Waals surface area contributed by atoms with E-state index in [-0.39, 0.29) is 0 Å². The molecule has 3 aromatic rings. The van der Waals surface area contributed by atoms with Crippen molar-refractivity contribution in [2.24, 2.45) is 5.92 Å². The first-order chi connectivity index (χ1) is 11.7. The predicted molar refractivity (Wildman–Crippen MR) is 98.5 cm³/mol. The van der Waals surface area contributed by atoms with Crippen molar-refractivity contribution in [3.63, 3.8) is 0 Å². The van der Waals surface area contributed by atoms with Crippen LogP contribution in [-0.2, 0) is 13.0 Å². The third-order valence-electron chi connectivity index (χ3n) is 4.47. The lowest BCUT2D eigenvalue weighted by Crippen LogP contribution is -2.48. The number of rotatable bonds is 5. The standard InChI is InChI=1S/C17H19ClN4OS/c1-3-14-19-6-7-21(14)8-11-9-22(10-11)17-20-15-13(23-2)5-4-12(18)16(15)24-17/h4-7,11H,3,8-10H2,1-2H3. The van der Waals surface area contributed by atoms with Gasteiger partial charge >= 0.3 is 0 Å². The van der Waals surface area contributed by atoms with Gasteiger partial charge in [0.15, 0.2) is 5.13 Å². The van der Waals surface area contributed by atoms with Crippen LogP contribution in [-0.4, -0.2) is 34.7 Å². The summed E-state index contributed by atoms with van der Waals surface area (Å²) < 4.78 is 8.66. The van der Waals surface area contributed by atoms with E-state index in [1.54, 1.807) is 18.4 Å². The first-order valence-corrected chi connectivity index (χ1v) is 9.27. The van der Waals surface area contributed by atoms with Gasteiger partial charge in [-0.15, -0.1) is 0 Å². The molecule has 126 valence electrons. The first-order valence-electron chi connectivity index (χ1n) is 8.07. The Morgan fingerprint density at radius 1 is 1.38 bits per heavy atom. The molecule has 7 heteroatoms. The summed E-state index contributed by atoms with van der Waals surface area (Å²) in [6.45, 7) is 5.20. The van der Waals surface area contributed by atoms with Crippen molar-refractivity contribution in [1.82, 2.24) is 14.5 Å². The molecular formula is C17H19ClN4OS. The van der Waals surface area contributed by atoms with Crippen LogP contribution >= 0.6 is 22.9 Å². The number of hydrogen-bond donors (Lipinski definition) is 0.